The van der Waals surface area contributed by atoms with Crippen LogP contribution in [-0.2, 0) is 5.60 Å². The fourth-order valence-corrected chi connectivity index (χ4v) is 2.22. The summed E-state index contributed by atoms with van der Waals surface area (Å²) >= 11 is 1.69. The largest absolute Gasteiger partial charge is 0.508 e. The summed E-state index contributed by atoms with van der Waals surface area (Å²) < 4.78 is 0. The van der Waals surface area contributed by atoms with Crippen LogP contribution in [0, 0.1) is 0 Å². The average molecular weight is 182 g/mol. The number of aliphatic hydroxyl groups is 1. The average Bonchev–Trinajstić information content (AvgIpc) is 2.01. The molecule has 0 aliphatic carbocycles. The van der Waals surface area contributed by atoms with Crippen LogP contribution >= 0.6 is 11.8 Å². The second kappa shape index (κ2) is 2.68. The molecule has 0 unspecified atom stereocenters. The number of hydrogen-bond acceptors (Lipinski definition) is 3. The highest BCUT2D eigenvalue weighted by Gasteiger charge is 2.38. The van der Waals surface area contributed by atoms with Gasteiger partial charge < -0.3 is 10.2 Å². The SMILES string of the molecule is Oc1ccccc1C1(O)CSC1. The molecule has 1 aliphatic heterocycles. The highest BCUT2D eigenvalue weighted by Crippen LogP contribution is 2.41. The normalized spacial score (nSPS) is 20.1. The summed E-state index contributed by atoms with van der Waals surface area (Å²) in [6, 6.07) is 6.97. The molecule has 1 aromatic rings. The van der Waals surface area contributed by atoms with E-state index >= 15 is 0 Å². The third-order valence-corrected chi connectivity index (χ3v) is 3.45. The molecule has 64 valence electrons. The van der Waals surface area contributed by atoms with E-state index in [4.69, 9.17) is 0 Å². The second-order valence-electron chi connectivity index (χ2n) is 3.04. The number of para-hydroxylation sites is 1. The van der Waals surface area contributed by atoms with Crippen LogP contribution in [0.2, 0.25) is 0 Å². The predicted molar refractivity (Wildman–Crippen MR) is 49.3 cm³/mol. The van der Waals surface area contributed by atoms with Crippen molar-refractivity contribution in [3.8, 4) is 5.75 Å². The Hall–Kier alpha value is -0.670. The van der Waals surface area contributed by atoms with Gasteiger partial charge in [-0.25, -0.2) is 0 Å². The Kier molecular flexibility index (Phi) is 1.77. The molecule has 0 aromatic heterocycles. The highest BCUT2D eigenvalue weighted by molar-refractivity contribution is 8.00. The lowest BCUT2D eigenvalue weighted by Crippen LogP contribution is -2.39. The summed E-state index contributed by atoms with van der Waals surface area (Å²) in [5.41, 5.74) is -0.125. The standard InChI is InChI=1S/C9H10O2S/c10-8-4-2-1-3-7(8)9(11)5-12-6-9/h1-4,10-11H,5-6H2. The molecule has 0 bridgehead atoms. The third kappa shape index (κ3) is 1.09. The first-order chi connectivity index (χ1) is 5.72. The van der Waals surface area contributed by atoms with Crippen molar-refractivity contribution >= 4 is 11.8 Å². The van der Waals surface area contributed by atoms with Crippen LogP contribution in [0.25, 0.3) is 0 Å². The van der Waals surface area contributed by atoms with Gasteiger partial charge in [-0.05, 0) is 6.07 Å². The quantitative estimate of drug-likeness (QED) is 0.688. The van der Waals surface area contributed by atoms with E-state index in [1.165, 1.54) is 0 Å². The van der Waals surface area contributed by atoms with E-state index in [9.17, 15) is 10.2 Å². The number of benzene rings is 1. The van der Waals surface area contributed by atoms with E-state index in [1.54, 1.807) is 30.0 Å². The summed E-state index contributed by atoms with van der Waals surface area (Å²) in [5, 5.41) is 19.3. The second-order valence-corrected chi connectivity index (χ2v) is 4.03. The lowest BCUT2D eigenvalue weighted by atomic mass is 9.96. The van der Waals surface area contributed by atoms with Gasteiger partial charge in [-0.15, -0.1) is 0 Å². The van der Waals surface area contributed by atoms with Crippen molar-refractivity contribution in [3.63, 3.8) is 0 Å². The molecule has 2 N–H and O–H groups in total. The Morgan fingerprint density at radius 3 is 2.42 bits per heavy atom. The fraction of sp³-hybridized carbons (Fsp3) is 0.333. The minimum Gasteiger partial charge on any atom is -0.508 e. The van der Waals surface area contributed by atoms with Gasteiger partial charge in [0.2, 0.25) is 0 Å². The summed E-state index contributed by atoms with van der Waals surface area (Å²) in [4.78, 5) is 0. The van der Waals surface area contributed by atoms with Gasteiger partial charge in [0, 0.05) is 17.1 Å². The number of aromatic hydroxyl groups is 1. The summed E-state index contributed by atoms with van der Waals surface area (Å²) in [7, 11) is 0. The monoisotopic (exact) mass is 182 g/mol. The molecule has 1 aliphatic rings. The molecule has 2 rings (SSSR count). The first-order valence-corrected chi connectivity index (χ1v) is 4.96. The van der Waals surface area contributed by atoms with Crippen molar-refractivity contribution in [3.05, 3.63) is 29.8 Å². The molecule has 1 heterocycles. The van der Waals surface area contributed by atoms with Crippen LogP contribution in [0.5, 0.6) is 5.75 Å². The number of phenols is 1. The molecule has 2 nitrogen and oxygen atoms in total. The number of phenolic OH excluding ortho intramolecular Hbond substituents is 1. The van der Waals surface area contributed by atoms with Crippen LogP contribution < -0.4 is 0 Å². The number of thioether (sulfide) groups is 1. The van der Waals surface area contributed by atoms with Crippen LogP contribution in [0.1, 0.15) is 5.56 Å². The molecule has 0 spiro atoms. The Labute approximate surface area is 75.2 Å². The van der Waals surface area contributed by atoms with Crippen molar-refractivity contribution in [1.82, 2.24) is 0 Å². The smallest absolute Gasteiger partial charge is 0.121 e. The van der Waals surface area contributed by atoms with Crippen molar-refractivity contribution in [2.24, 2.45) is 0 Å². The lowest BCUT2D eigenvalue weighted by molar-refractivity contribution is 0.0741. The maximum Gasteiger partial charge on any atom is 0.121 e. The summed E-state index contributed by atoms with van der Waals surface area (Å²) in [6.07, 6.45) is 0. The van der Waals surface area contributed by atoms with Crippen molar-refractivity contribution < 1.29 is 10.2 Å². The van der Waals surface area contributed by atoms with Crippen LogP contribution in [0.3, 0.4) is 0 Å². The van der Waals surface area contributed by atoms with Gasteiger partial charge in [-0.1, -0.05) is 18.2 Å². The van der Waals surface area contributed by atoms with E-state index in [0.717, 1.165) is 0 Å². The zero-order valence-electron chi connectivity index (χ0n) is 6.53. The van der Waals surface area contributed by atoms with Gasteiger partial charge in [0.15, 0.2) is 0 Å². The van der Waals surface area contributed by atoms with Gasteiger partial charge in [-0.3, -0.25) is 0 Å². The Morgan fingerprint density at radius 1 is 1.25 bits per heavy atom. The molecule has 1 saturated heterocycles. The Bertz CT molecular complexity index is 294. The summed E-state index contributed by atoms with van der Waals surface area (Å²) in [5.74, 6) is 1.56. The van der Waals surface area contributed by atoms with Gasteiger partial charge in [-0.2, -0.15) is 11.8 Å². The van der Waals surface area contributed by atoms with Crippen molar-refractivity contribution in [1.29, 1.82) is 0 Å². The van der Waals surface area contributed by atoms with Crippen molar-refractivity contribution in [2.75, 3.05) is 11.5 Å². The van der Waals surface area contributed by atoms with E-state index < -0.39 is 5.60 Å². The van der Waals surface area contributed by atoms with Crippen LogP contribution in [-0.4, -0.2) is 21.7 Å². The van der Waals surface area contributed by atoms with E-state index in [-0.39, 0.29) is 5.75 Å². The molecule has 3 heteroatoms. The van der Waals surface area contributed by atoms with E-state index in [0.29, 0.717) is 17.1 Å². The van der Waals surface area contributed by atoms with E-state index in [1.807, 2.05) is 6.07 Å². The van der Waals surface area contributed by atoms with Crippen LogP contribution in [0.15, 0.2) is 24.3 Å². The molecule has 0 saturated carbocycles. The first kappa shape index (κ1) is 7.95. The molecule has 0 amide bonds. The van der Waals surface area contributed by atoms with Gasteiger partial charge >= 0.3 is 0 Å². The zero-order chi connectivity index (χ0) is 8.60. The molecule has 0 radical (unpaired) electrons. The lowest BCUT2D eigenvalue weighted by Gasteiger charge is -2.36. The molecule has 12 heavy (non-hydrogen) atoms. The maximum atomic E-state index is 9.88. The Morgan fingerprint density at radius 2 is 1.92 bits per heavy atom. The topological polar surface area (TPSA) is 40.5 Å². The predicted octanol–water partition coefficient (Wildman–Crippen LogP) is 1.33. The summed E-state index contributed by atoms with van der Waals surface area (Å²) in [6.45, 7) is 0. The third-order valence-electron chi connectivity index (χ3n) is 2.09. The molecular weight excluding hydrogens is 172 g/mol. The first-order valence-electron chi connectivity index (χ1n) is 3.81. The van der Waals surface area contributed by atoms with Gasteiger partial charge in [0.05, 0.1) is 0 Å². The zero-order valence-corrected chi connectivity index (χ0v) is 7.34. The van der Waals surface area contributed by atoms with E-state index in [2.05, 4.69) is 0 Å². The minimum atomic E-state index is -0.782. The molecule has 1 fully saturated rings. The molecule has 0 atom stereocenters. The van der Waals surface area contributed by atoms with Gasteiger partial charge in [0.1, 0.15) is 11.4 Å². The number of rotatable bonds is 1. The molecule has 1 aromatic carbocycles. The Balaban J connectivity index is 2.39. The highest BCUT2D eigenvalue weighted by atomic mass is 32.2. The minimum absolute atomic E-state index is 0.195. The van der Waals surface area contributed by atoms with Crippen molar-refractivity contribution in [2.45, 2.75) is 5.60 Å². The maximum absolute atomic E-state index is 9.88. The number of hydrogen-bond donors (Lipinski definition) is 2. The fourth-order valence-electron chi connectivity index (χ4n) is 1.32. The molecular formula is C9H10O2S. The van der Waals surface area contributed by atoms with Gasteiger partial charge in [0.25, 0.3) is 0 Å². The van der Waals surface area contributed by atoms with Crippen LogP contribution in [0.4, 0.5) is 0 Å².